The lowest BCUT2D eigenvalue weighted by molar-refractivity contribution is -0.141. The Morgan fingerprint density at radius 3 is 2.83 bits per heavy atom. The summed E-state index contributed by atoms with van der Waals surface area (Å²) in [6.45, 7) is 3.05. The zero-order chi connectivity index (χ0) is 16.7. The highest BCUT2D eigenvalue weighted by Crippen LogP contribution is 2.25. The molecule has 0 saturated carbocycles. The Balaban J connectivity index is 1.92. The number of carbonyl (C=O) groups excluding carboxylic acids is 2. The quantitative estimate of drug-likeness (QED) is 0.790. The molecule has 1 aliphatic heterocycles. The van der Waals surface area contributed by atoms with Crippen molar-refractivity contribution >= 4 is 23.5 Å². The first-order valence-corrected chi connectivity index (χ1v) is 7.81. The van der Waals surface area contributed by atoms with Crippen LogP contribution in [0.2, 0.25) is 5.02 Å². The smallest absolute Gasteiger partial charge is 0.325 e. The molecule has 2 rings (SSSR count). The summed E-state index contributed by atoms with van der Waals surface area (Å²) in [6, 6.07) is 1.46. The van der Waals surface area contributed by atoms with Crippen molar-refractivity contribution < 1.29 is 23.8 Å². The Labute approximate surface area is 139 Å². The molecule has 7 nitrogen and oxygen atoms in total. The van der Waals surface area contributed by atoms with Crippen LogP contribution in [0.3, 0.4) is 0 Å². The van der Waals surface area contributed by atoms with Gasteiger partial charge in [-0.05, 0) is 13.0 Å². The van der Waals surface area contributed by atoms with E-state index in [1.807, 2.05) is 0 Å². The van der Waals surface area contributed by atoms with E-state index in [1.165, 1.54) is 12.3 Å². The van der Waals surface area contributed by atoms with Gasteiger partial charge in [0.2, 0.25) is 5.88 Å². The lowest BCUT2D eigenvalue weighted by Crippen LogP contribution is -2.30. The number of nitrogens with one attached hydrogen (secondary N) is 1. The van der Waals surface area contributed by atoms with Gasteiger partial charge in [0.15, 0.2) is 0 Å². The number of esters is 1. The highest BCUT2D eigenvalue weighted by Gasteiger charge is 2.18. The number of hydrogen-bond acceptors (Lipinski definition) is 6. The fourth-order valence-electron chi connectivity index (χ4n) is 2.05. The molecule has 1 fully saturated rings. The van der Waals surface area contributed by atoms with Gasteiger partial charge < -0.3 is 19.5 Å². The molecular formula is C15H19ClN2O5. The van der Waals surface area contributed by atoms with Gasteiger partial charge in [0, 0.05) is 19.0 Å². The van der Waals surface area contributed by atoms with E-state index in [2.05, 4.69) is 10.3 Å². The van der Waals surface area contributed by atoms with Crippen molar-refractivity contribution in [1.29, 1.82) is 0 Å². The molecule has 0 aliphatic carbocycles. The summed E-state index contributed by atoms with van der Waals surface area (Å²) in [7, 11) is 0. The highest BCUT2D eigenvalue weighted by atomic mass is 35.5. The van der Waals surface area contributed by atoms with Crippen LogP contribution < -0.4 is 10.1 Å². The van der Waals surface area contributed by atoms with Crippen LogP contribution in [0.4, 0.5) is 0 Å². The molecule has 0 spiro atoms. The number of hydrogen-bond donors (Lipinski definition) is 1. The van der Waals surface area contributed by atoms with Crippen molar-refractivity contribution in [3.05, 3.63) is 22.8 Å². The Morgan fingerprint density at radius 1 is 1.43 bits per heavy atom. The van der Waals surface area contributed by atoms with Crippen LogP contribution in [0.25, 0.3) is 0 Å². The van der Waals surface area contributed by atoms with Gasteiger partial charge in [-0.3, -0.25) is 9.59 Å². The molecule has 1 aliphatic rings. The monoisotopic (exact) mass is 342 g/mol. The summed E-state index contributed by atoms with van der Waals surface area (Å²) in [5.74, 6) is -0.662. The lowest BCUT2D eigenvalue weighted by atomic mass is 10.1. The van der Waals surface area contributed by atoms with Gasteiger partial charge in [-0.2, -0.15) is 0 Å². The van der Waals surface area contributed by atoms with E-state index in [-0.39, 0.29) is 29.8 Å². The second kappa shape index (κ2) is 8.69. The predicted octanol–water partition coefficient (Wildman–Crippen LogP) is 1.59. The number of halogens is 1. The molecule has 1 aromatic heterocycles. The minimum atomic E-state index is -0.501. The standard InChI is InChI=1S/C15H19ClN2O5/c1-2-22-13(19)9-17-14(20)10-7-12(16)15(18-8-10)23-11-3-5-21-6-4-11/h7-8,11H,2-6,9H2,1H3,(H,17,20). The van der Waals surface area contributed by atoms with E-state index in [1.54, 1.807) is 6.92 Å². The molecule has 0 unspecified atom stereocenters. The van der Waals surface area contributed by atoms with Gasteiger partial charge >= 0.3 is 5.97 Å². The maximum Gasteiger partial charge on any atom is 0.325 e. The van der Waals surface area contributed by atoms with Crippen LogP contribution in [-0.2, 0) is 14.3 Å². The SMILES string of the molecule is CCOC(=O)CNC(=O)c1cnc(OC2CCOCC2)c(Cl)c1. The van der Waals surface area contributed by atoms with E-state index in [0.29, 0.717) is 19.1 Å². The van der Waals surface area contributed by atoms with Crippen molar-refractivity contribution in [2.75, 3.05) is 26.4 Å². The number of ether oxygens (including phenoxy) is 3. The fourth-order valence-corrected chi connectivity index (χ4v) is 2.27. The van der Waals surface area contributed by atoms with E-state index < -0.39 is 11.9 Å². The number of pyridine rings is 1. The summed E-state index contributed by atoms with van der Waals surface area (Å²) in [5.41, 5.74) is 0.249. The molecule has 0 bridgehead atoms. The van der Waals surface area contributed by atoms with Gasteiger partial charge in [0.05, 0.1) is 25.4 Å². The van der Waals surface area contributed by atoms with Crippen molar-refractivity contribution in [1.82, 2.24) is 10.3 Å². The zero-order valence-electron chi connectivity index (χ0n) is 12.8. The maximum atomic E-state index is 11.9. The molecule has 8 heteroatoms. The van der Waals surface area contributed by atoms with Crippen molar-refractivity contribution in [2.45, 2.75) is 25.9 Å². The van der Waals surface area contributed by atoms with Crippen LogP contribution in [0.15, 0.2) is 12.3 Å². The summed E-state index contributed by atoms with van der Waals surface area (Å²) < 4.78 is 15.7. The van der Waals surface area contributed by atoms with E-state index >= 15 is 0 Å². The number of nitrogens with zero attached hydrogens (tertiary/aromatic N) is 1. The van der Waals surface area contributed by atoms with Gasteiger partial charge in [0.1, 0.15) is 17.7 Å². The van der Waals surface area contributed by atoms with Crippen molar-refractivity contribution in [2.24, 2.45) is 0 Å². The first kappa shape index (κ1) is 17.5. The van der Waals surface area contributed by atoms with Gasteiger partial charge in [-0.15, -0.1) is 0 Å². The predicted molar refractivity (Wildman–Crippen MR) is 82.7 cm³/mol. The third-order valence-corrected chi connectivity index (χ3v) is 3.49. The van der Waals surface area contributed by atoms with Crippen molar-refractivity contribution in [3.63, 3.8) is 0 Å². The summed E-state index contributed by atoms with van der Waals surface area (Å²) >= 11 is 6.11. The third kappa shape index (κ3) is 5.37. The average molecular weight is 343 g/mol. The second-order valence-corrected chi connectivity index (χ2v) is 5.34. The average Bonchev–Trinajstić information content (AvgIpc) is 2.56. The van der Waals surface area contributed by atoms with Crippen LogP contribution >= 0.6 is 11.6 Å². The molecule has 1 saturated heterocycles. The summed E-state index contributed by atoms with van der Waals surface area (Å²) in [6.07, 6.45) is 2.93. The summed E-state index contributed by atoms with van der Waals surface area (Å²) in [4.78, 5) is 27.2. The molecule has 1 aromatic rings. The first-order valence-electron chi connectivity index (χ1n) is 7.44. The summed E-state index contributed by atoms with van der Waals surface area (Å²) in [5, 5.41) is 2.69. The van der Waals surface area contributed by atoms with E-state index in [9.17, 15) is 9.59 Å². The first-order chi connectivity index (χ1) is 11.1. The number of amides is 1. The van der Waals surface area contributed by atoms with Gasteiger partial charge in [-0.1, -0.05) is 11.6 Å². The third-order valence-electron chi connectivity index (χ3n) is 3.21. The normalized spacial score (nSPS) is 15.0. The minimum absolute atomic E-state index is 0.0113. The van der Waals surface area contributed by atoms with E-state index in [0.717, 1.165) is 12.8 Å². The van der Waals surface area contributed by atoms with Crippen LogP contribution in [0.1, 0.15) is 30.1 Å². The largest absolute Gasteiger partial charge is 0.473 e. The number of aromatic nitrogens is 1. The molecule has 1 amide bonds. The Hall–Kier alpha value is -1.86. The highest BCUT2D eigenvalue weighted by molar-refractivity contribution is 6.32. The Morgan fingerprint density at radius 2 is 2.17 bits per heavy atom. The molecule has 126 valence electrons. The second-order valence-electron chi connectivity index (χ2n) is 4.93. The fraction of sp³-hybridized carbons (Fsp3) is 0.533. The number of rotatable bonds is 6. The van der Waals surface area contributed by atoms with Gasteiger partial charge in [0.25, 0.3) is 5.91 Å². The van der Waals surface area contributed by atoms with Gasteiger partial charge in [-0.25, -0.2) is 4.98 Å². The maximum absolute atomic E-state index is 11.9. The Bertz CT molecular complexity index is 561. The number of carbonyl (C=O) groups is 2. The molecule has 0 atom stereocenters. The molecule has 23 heavy (non-hydrogen) atoms. The molecule has 2 heterocycles. The zero-order valence-corrected chi connectivity index (χ0v) is 13.6. The van der Waals surface area contributed by atoms with Crippen molar-refractivity contribution in [3.8, 4) is 5.88 Å². The Kier molecular flexibility index (Phi) is 6.61. The molecular weight excluding hydrogens is 324 g/mol. The molecule has 0 radical (unpaired) electrons. The molecule has 1 N–H and O–H groups in total. The lowest BCUT2D eigenvalue weighted by Gasteiger charge is -2.23. The van der Waals surface area contributed by atoms with Crippen LogP contribution in [0, 0.1) is 0 Å². The minimum Gasteiger partial charge on any atom is -0.473 e. The van der Waals surface area contributed by atoms with E-state index in [4.69, 9.17) is 25.8 Å². The van der Waals surface area contributed by atoms with Crippen LogP contribution in [0.5, 0.6) is 5.88 Å². The topological polar surface area (TPSA) is 86.8 Å². The van der Waals surface area contributed by atoms with Crippen LogP contribution in [-0.4, -0.2) is 49.3 Å². The molecule has 0 aromatic carbocycles.